The Hall–Kier alpha value is -7.44. The van der Waals surface area contributed by atoms with E-state index >= 15 is 4.39 Å². The van der Waals surface area contributed by atoms with Crippen molar-refractivity contribution >= 4 is 35.1 Å². The van der Waals surface area contributed by atoms with Gasteiger partial charge in [0.15, 0.2) is 34.6 Å². The van der Waals surface area contributed by atoms with Crippen LogP contribution in [0.25, 0.3) is 11.6 Å². The van der Waals surface area contributed by atoms with Gasteiger partial charge in [-0.1, -0.05) is 0 Å². The summed E-state index contributed by atoms with van der Waals surface area (Å²) in [5, 5.41) is 39.4. The fourth-order valence-corrected chi connectivity index (χ4v) is 4.44. The Labute approximate surface area is 277 Å². The zero-order chi connectivity index (χ0) is 35.4. The lowest BCUT2D eigenvalue weighted by Crippen LogP contribution is -2.18. The van der Waals surface area contributed by atoms with Gasteiger partial charge >= 0.3 is 11.9 Å². The highest BCUT2D eigenvalue weighted by atomic mass is 19.1. The van der Waals surface area contributed by atoms with Gasteiger partial charge in [0.25, 0.3) is 11.8 Å². The average Bonchev–Trinajstić information content (AvgIpc) is 3.85. The Balaban J connectivity index is 1.18. The third kappa shape index (κ3) is 6.95. The maximum atomic E-state index is 15.2. The maximum Gasteiger partial charge on any atom is 0.337 e. The van der Waals surface area contributed by atoms with Gasteiger partial charge in [0, 0.05) is 36.4 Å². The lowest BCUT2D eigenvalue weighted by molar-refractivity contribution is 0.0686. The number of anilines is 2. The van der Waals surface area contributed by atoms with Crippen LogP contribution in [0.2, 0.25) is 0 Å². The van der Waals surface area contributed by atoms with Crippen molar-refractivity contribution in [3.8, 4) is 17.4 Å². The number of ether oxygens (including phenoxy) is 1. The van der Waals surface area contributed by atoms with E-state index in [4.69, 9.17) is 4.74 Å². The number of hydrogen-bond donors (Lipinski definition) is 4. The molecule has 0 unspecified atom stereocenters. The number of imidazole rings is 2. The van der Waals surface area contributed by atoms with E-state index in [0.717, 1.165) is 18.2 Å². The summed E-state index contributed by atoms with van der Waals surface area (Å²) in [6.45, 7) is -0.737. The summed E-state index contributed by atoms with van der Waals surface area (Å²) in [5.74, 6) is -6.97. The number of carbonyl (C=O) groups excluding carboxylic acids is 2. The van der Waals surface area contributed by atoms with Crippen molar-refractivity contribution in [2.45, 2.75) is 6.61 Å². The number of carbonyl (C=O) groups is 4. The van der Waals surface area contributed by atoms with Gasteiger partial charge in [-0.25, -0.2) is 28.3 Å². The Kier molecular flexibility index (Phi) is 8.93. The molecule has 0 atom stereocenters. The van der Waals surface area contributed by atoms with Crippen molar-refractivity contribution in [1.29, 1.82) is 0 Å². The van der Waals surface area contributed by atoms with Gasteiger partial charge in [-0.05, 0) is 42.5 Å². The summed E-state index contributed by atoms with van der Waals surface area (Å²) in [5.41, 5.74) is -2.71. The Bertz CT molecular complexity index is 2230. The van der Waals surface area contributed by atoms with Crippen molar-refractivity contribution in [3.63, 3.8) is 0 Å². The van der Waals surface area contributed by atoms with Gasteiger partial charge in [-0.2, -0.15) is 0 Å². The molecule has 6 aromatic rings. The van der Waals surface area contributed by atoms with Crippen molar-refractivity contribution in [2.75, 3.05) is 10.6 Å². The molecule has 0 aliphatic rings. The van der Waals surface area contributed by atoms with Crippen LogP contribution in [0.1, 0.15) is 47.3 Å². The molecule has 4 heterocycles. The number of aromatic carboxylic acids is 2. The highest BCUT2D eigenvalue weighted by molar-refractivity contribution is 6.07. The molecular weight excluding hydrogens is 662 g/mol. The quantitative estimate of drug-likeness (QED) is 0.154. The highest BCUT2D eigenvalue weighted by Crippen LogP contribution is 2.29. The van der Waals surface area contributed by atoms with E-state index in [1.54, 1.807) is 12.4 Å². The van der Waals surface area contributed by atoms with Crippen LogP contribution in [0.3, 0.4) is 0 Å². The van der Waals surface area contributed by atoms with E-state index in [1.807, 2.05) is 0 Å². The Morgan fingerprint density at radius 1 is 0.680 bits per heavy atom. The molecule has 2 amide bonds. The molecule has 4 aromatic heterocycles. The molecular formula is C31H20F2N10O7. The van der Waals surface area contributed by atoms with Gasteiger partial charge in [-0.15, -0.1) is 20.4 Å². The van der Waals surface area contributed by atoms with E-state index in [0.29, 0.717) is 17.7 Å². The second-order valence-electron chi connectivity index (χ2n) is 10.1. The monoisotopic (exact) mass is 682 g/mol. The largest absolute Gasteiger partial charge is 0.486 e. The van der Waals surface area contributed by atoms with Crippen LogP contribution in [0.15, 0.2) is 86.0 Å². The minimum atomic E-state index is -1.58. The van der Waals surface area contributed by atoms with E-state index in [1.165, 1.54) is 58.4 Å². The van der Waals surface area contributed by atoms with Crippen LogP contribution in [-0.2, 0) is 6.61 Å². The second kappa shape index (κ2) is 13.7. The number of aromatic nitrogens is 8. The zero-order valence-electron chi connectivity index (χ0n) is 25.1. The highest BCUT2D eigenvalue weighted by Gasteiger charge is 2.22. The lowest BCUT2D eigenvalue weighted by atomic mass is 10.1. The molecule has 250 valence electrons. The van der Waals surface area contributed by atoms with Gasteiger partial charge in [0.05, 0.1) is 22.5 Å². The number of hydrogen-bond acceptors (Lipinski definition) is 11. The molecule has 0 saturated carbocycles. The summed E-state index contributed by atoms with van der Waals surface area (Å²) in [6.07, 6.45) is 9.17. The van der Waals surface area contributed by atoms with E-state index < -0.39 is 64.6 Å². The van der Waals surface area contributed by atoms with Crippen molar-refractivity contribution in [1.82, 2.24) is 39.5 Å². The van der Waals surface area contributed by atoms with E-state index in [2.05, 4.69) is 41.0 Å². The van der Waals surface area contributed by atoms with Crippen LogP contribution >= 0.6 is 0 Å². The average molecular weight is 683 g/mol. The number of nitrogens with zero attached hydrogens (tertiary/aromatic N) is 8. The number of nitrogens with one attached hydrogen (secondary N) is 2. The van der Waals surface area contributed by atoms with Crippen molar-refractivity contribution in [2.24, 2.45) is 0 Å². The molecule has 0 fully saturated rings. The predicted octanol–water partition coefficient (Wildman–Crippen LogP) is 3.40. The standard InChI is InChI=1S/C31H20F2N10O7/c32-19-11-23(36-28(44)21-1-3-26(40-38-21)42-7-5-34-14-42)17(30(46)47)9-16(19)13-50-25-12-24(18(31(48)49)10-20(25)33)37-29(45)22-2-4-27(41-39-22)43-8-6-35-15-43/h1-12,14-15H,13H2,(H,36,44)(H,37,45)(H,46,47)(H,48,49). The molecule has 2 aromatic carbocycles. The van der Waals surface area contributed by atoms with Crippen LogP contribution < -0.4 is 15.4 Å². The molecule has 0 radical (unpaired) electrons. The third-order valence-electron chi connectivity index (χ3n) is 6.90. The minimum absolute atomic E-state index is 0.195. The number of carboxylic acids is 2. The van der Waals surface area contributed by atoms with Crippen LogP contribution in [0, 0.1) is 11.6 Å². The summed E-state index contributed by atoms with van der Waals surface area (Å²) in [4.78, 5) is 57.3. The number of benzene rings is 2. The molecule has 6 rings (SSSR count). The topological polar surface area (TPSA) is 229 Å². The molecule has 0 aliphatic heterocycles. The summed E-state index contributed by atoms with van der Waals surface area (Å²) in [7, 11) is 0. The van der Waals surface area contributed by atoms with Gasteiger partial charge in [0.2, 0.25) is 0 Å². The molecule has 4 N–H and O–H groups in total. The summed E-state index contributed by atoms with van der Waals surface area (Å²) >= 11 is 0. The van der Waals surface area contributed by atoms with Gasteiger partial charge in [0.1, 0.15) is 25.1 Å². The first kappa shape index (κ1) is 32.5. The fourth-order valence-electron chi connectivity index (χ4n) is 4.44. The Morgan fingerprint density at radius 3 is 1.66 bits per heavy atom. The molecule has 0 bridgehead atoms. The molecule has 50 heavy (non-hydrogen) atoms. The molecule has 17 nitrogen and oxygen atoms in total. The first-order valence-electron chi connectivity index (χ1n) is 14.1. The Morgan fingerprint density at radius 2 is 1.20 bits per heavy atom. The number of amides is 2. The van der Waals surface area contributed by atoms with E-state index in [-0.39, 0.29) is 22.6 Å². The number of halogens is 2. The number of carboxylic acid groups (broad SMARTS) is 2. The predicted molar refractivity (Wildman–Crippen MR) is 165 cm³/mol. The normalized spacial score (nSPS) is 10.8. The van der Waals surface area contributed by atoms with Gasteiger partial charge < -0.3 is 25.6 Å². The molecule has 0 aliphatic carbocycles. The van der Waals surface area contributed by atoms with Crippen LogP contribution in [-0.4, -0.2) is 73.5 Å². The number of rotatable bonds is 11. The second-order valence-corrected chi connectivity index (χ2v) is 10.1. The first-order chi connectivity index (χ1) is 24.1. The lowest BCUT2D eigenvalue weighted by Gasteiger charge is -2.15. The first-order valence-corrected chi connectivity index (χ1v) is 14.1. The minimum Gasteiger partial charge on any atom is -0.486 e. The van der Waals surface area contributed by atoms with Gasteiger partial charge in [-0.3, -0.25) is 18.7 Å². The molecule has 0 saturated heterocycles. The fraction of sp³-hybridized carbons (Fsp3) is 0.0323. The summed E-state index contributed by atoms with van der Waals surface area (Å²) in [6, 6.07) is 8.64. The maximum absolute atomic E-state index is 15.2. The SMILES string of the molecule is O=C(Nc1cc(OCc2cc(C(=O)O)c(NC(=O)c3ccc(-n4ccnc4)nn3)cc2F)c(F)cc1C(=O)O)c1ccc(-n2ccnc2)nn1. The smallest absolute Gasteiger partial charge is 0.337 e. The molecule has 19 heteroatoms. The van der Waals surface area contributed by atoms with Crippen molar-refractivity contribution < 1.29 is 42.9 Å². The van der Waals surface area contributed by atoms with Crippen LogP contribution in [0.5, 0.6) is 5.75 Å². The van der Waals surface area contributed by atoms with Crippen molar-refractivity contribution in [3.05, 3.63) is 126 Å². The molecule has 0 spiro atoms. The van der Waals surface area contributed by atoms with E-state index in [9.17, 15) is 33.8 Å². The zero-order valence-corrected chi connectivity index (χ0v) is 25.1. The van der Waals surface area contributed by atoms with Crippen LogP contribution in [0.4, 0.5) is 20.2 Å². The summed E-state index contributed by atoms with van der Waals surface area (Å²) < 4.78 is 38.6. The third-order valence-corrected chi connectivity index (χ3v) is 6.90.